The van der Waals surface area contributed by atoms with Crippen molar-refractivity contribution in [3.8, 4) is 0 Å². The predicted molar refractivity (Wildman–Crippen MR) is 97.9 cm³/mol. The minimum atomic E-state index is 0.317. The minimum absolute atomic E-state index is 0.317. The third-order valence-electron chi connectivity index (χ3n) is 8.30. The Balaban J connectivity index is 1.46. The molecule has 3 heteroatoms. The highest BCUT2D eigenvalue weighted by atomic mass is 16.2. The summed E-state index contributed by atoms with van der Waals surface area (Å²) in [6, 6.07) is 0.576. The number of carbonyl (C=O) groups is 1. The molecule has 4 aliphatic rings. The molecule has 0 N–H and O–H groups in total. The number of likely N-dealkylation sites (tertiary alicyclic amines) is 1. The Morgan fingerprint density at radius 3 is 2.08 bits per heavy atom. The summed E-state index contributed by atoms with van der Waals surface area (Å²) in [5.41, 5.74) is 0.739. The molecule has 0 aromatic carbocycles. The minimum Gasteiger partial charge on any atom is -0.339 e. The van der Waals surface area contributed by atoms with E-state index in [-0.39, 0.29) is 0 Å². The lowest BCUT2D eigenvalue weighted by Crippen LogP contribution is -2.54. The van der Waals surface area contributed by atoms with E-state index < -0.39 is 0 Å². The summed E-state index contributed by atoms with van der Waals surface area (Å²) in [6.45, 7) is 1.07. The molecule has 136 valence electrons. The molecule has 0 bridgehead atoms. The second-order valence-electron chi connectivity index (χ2n) is 9.62. The fourth-order valence-corrected chi connectivity index (χ4v) is 6.71. The average Bonchev–Trinajstić information content (AvgIpc) is 3.29. The van der Waals surface area contributed by atoms with Crippen molar-refractivity contribution in [2.75, 3.05) is 20.6 Å². The molecule has 1 aliphatic heterocycles. The number of nitrogens with zero attached hydrogens (tertiary/aromatic N) is 2. The van der Waals surface area contributed by atoms with Crippen LogP contribution in [-0.2, 0) is 4.79 Å². The Morgan fingerprint density at radius 1 is 0.917 bits per heavy atom. The van der Waals surface area contributed by atoms with Crippen LogP contribution in [0.5, 0.6) is 0 Å². The molecule has 3 saturated carbocycles. The van der Waals surface area contributed by atoms with Gasteiger partial charge in [-0.25, -0.2) is 0 Å². The summed E-state index contributed by atoms with van der Waals surface area (Å²) in [5, 5.41) is 0. The van der Waals surface area contributed by atoms with Crippen LogP contribution >= 0.6 is 0 Å². The van der Waals surface area contributed by atoms with E-state index in [4.69, 9.17) is 0 Å². The van der Waals surface area contributed by atoms with E-state index in [1.807, 2.05) is 0 Å². The third kappa shape index (κ3) is 2.71. The molecule has 0 unspecified atom stereocenters. The van der Waals surface area contributed by atoms with E-state index in [9.17, 15) is 4.79 Å². The van der Waals surface area contributed by atoms with Gasteiger partial charge < -0.3 is 9.80 Å². The number of hydrogen-bond donors (Lipinski definition) is 0. The van der Waals surface area contributed by atoms with Crippen LogP contribution in [-0.4, -0.2) is 47.9 Å². The molecule has 4 rings (SSSR count). The summed E-state index contributed by atoms with van der Waals surface area (Å²) in [5.74, 6) is 1.37. The molecule has 3 aliphatic carbocycles. The van der Waals surface area contributed by atoms with Gasteiger partial charge in [-0.15, -0.1) is 0 Å². The van der Waals surface area contributed by atoms with Crippen molar-refractivity contribution in [2.45, 2.75) is 95.1 Å². The molecule has 24 heavy (non-hydrogen) atoms. The van der Waals surface area contributed by atoms with Crippen molar-refractivity contribution >= 4 is 5.91 Å². The summed E-state index contributed by atoms with van der Waals surface area (Å²) in [4.78, 5) is 17.6. The van der Waals surface area contributed by atoms with Crippen LogP contribution in [0.2, 0.25) is 0 Å². The smallest absolute Gasteiger partial charge is 0.223 e. The Labute approximate surface area is 148 Å². The van der Waals surface area contributed by atoms with E-state index in [0.717, 1.165) is 18.9 Å². The van der Waals surface area contributed by atoms with Gasteiger partial charge in [-0.3, -0.25) is 4.79 Å². The molecule has 0 radical (unpaired) electrons. The summed E-state index contributed by atoms with van der Waals surface area (Å²) >= 11 is 0. The zero-order chi connectivity index (χ0) is 16.8. The number of rotatable bonds is 3. The lowest BCUT2D eigenvalue weighted by molar-refractivity contribution is -0.129. The Morgan fingerprint density at radius 2 is 1.50 bits per heavy atom. The molecule has 1 amide bonds. The third-order valence-corrected chi connectivity index (χ3v) is 8.30. The van der Waals surface area contributed by atoms with Crippen LogP contribution in [0.4, 0.5) is 0 Å². The molecule has 1 heterocycles. The highest BCUT2D eigenvalue weighted by Crippen LogP contribution is 2.54. The summed E-state index contributed by atoms with van der Waals surface area (Å²) in [6.07, 6.45) is 16.9. The van der Waals surface area contributed by atoms with Crippen LogP contribution in [0.1, 0.15) is 83.5 Å². The first-order valence-corrected chi connectivity index (χ1v) is 10.5. The summed E-state index contributed by atoms with van der Waals surface area (Å²) in [7, 11) is 4.61. The van der Waals surface area contributed by atoms with Crippen LogP contribution in [0.25, 0.3) is 0 Å². The van der Waals surface area contributed by atoms with Crippen molar-refractivity contribution < 1.29 is 4.79 Å². The number of carbonyl (C=O) groups excluding carboxylic acids is 1. The quantitative estimate of drug-likeness (QED) is 0.773. The molecule has 0 aromatic heterocycles. The molecule has 4 fully saturated rings. The molecular formula is C21H36N2O. The van der Waals surface area contributed by atoms with E-state index in [1.165, 1.54) is 77.0 Å². The van der Waals surface area contributed by atoms with E-state index >= 15 is 0 Å². The maximum Gasteiger partial charge on any atom is 0.223 e. The van der Waals surface area contributed by atoms with Gasteiger partial charge in [0.2, 0.25) is 5.91 Å². The van der Waals surface area contributed by atoms with Crippen LogP contribution in [0.3, 0.4) is 0 Å². The Hall–Kier alpha value is -0.570. The van der Waals surface area contributed by atoms with Gasteiger partial charge in [0.15, 0.2) is 0 Å². The van der Waals surface area contributed by atoms with Crippen molar-refractivity contribution in [1.29, 1.82) is 0 Å². The van der Waals surface area contributed by atoms with Gasteiger partial charge in [0, 0.05) is 24.5 Å². The topological polar surface area (TPSA) is 23.6 Å². The standard InChI is InChI=1S/C21H36N2O/c1-22(2)21(17-7-3-4-8-17)13-11-20(12-14-21)15-19(24)23(16-20)18-9-5-6-10-18/h17-18H,3-16H2,1-2H3. The van der Waals surface area contributed by atoms with Crippen molar-refractivity contribution in [1.82, 2.24) is 9.80 Å². The molecule has 3 nitrogen and oxygen atoms in total. The fourth-order valence-electron chi connectivity index (χ4n) is 6.71. The average molecular weight is 333 g/mol. The molecule has 0 atom stereocenters. The van der Waals surface area contributed by atoms with Crippen LogP contribution in [0, 0.1) is 11.3 Å². The second-order valence-corrected chi connectivity index (χ2v) is 9.62. The van der Waals surface area contributed by atoms with Gasteiger partial charge in [0.1, 0.15) is 0 Å². The second kappa shape index (κ2) is 6.30. The summed E-state index contributed by atoms with van der Waals surface area (Å²) < 4.78 is 0. The molecular weight excluding hydrogens is 296 g/mol. The van der Waals surface area contributed by atoms with Gasteiger partial charge in [-0.05, 0) is 76.8 Å². The SMILES string of the molecule is CN(C)C1(C2CCCC2)CCC2(CC1)CC(=O)N(C1CCCC1)C2. The van der Waals surface area contributed by atoms with Gasteiger partial charge in [-0.1, -0.05) is 25.7 Å². The first kappa shape index (κ1) is 16.9. The first-order valence-electron chi connectivity index (χ1n) is 10.5. The number of amides is 1. The van der Waals surface area contributed by atoms with Gasteiger partial charge in [-0.2, -0.15) is 0 Å². The zero-order valence-corrected chi connectivity index (χ0v) is 15.9. The zero-order valence-electron chi connectivity index (χ0n) is 15.9. The van der Waals surface area contributed by atoms with Gasteiger partial charge >= 0.3 is 0 Å². The fraction of sp³-hybridized carbons (Fsp3) is 0.952. The predicted octanol–water partition coefficient (Wildman–Crippen LogP) is 4.21. The van der Waals surface area contributed by atoms with Crippen LogP contribution in [0.15, 0.2) is 0 Å². The van der Waals surface area contributed by atoms with Crippen molar-refractivity contribution in [3.05, 3.63) is 0 Å². The monoisotopic (exact) mass is 332 g/mol. The maximum atomic E-state index is 12.7. The highest BCUT2D eigenvalue weighted by Gasteiger charge is 2.53. The van der Waals surface area contributed by atoms with Crippen LogP contribution < -0.4 is 0 Å². The van der Waals surface area contributed by atoms with E-state index in [2.05, 4.69) is 23.9 Å². The first-order chi connectivity index (χ1) is 11.5. The van der Waals surface area contributed by atoms with Crippen molar-refractivity contribution in [2.24, 2.45) is 11.3 Å². The normalized spacial score (nSPS) is 39.0. The van der Waals surface area contributed by atoms with E-state index in [0.29, 0.717) is 22.9 Å². The van der Waals surface area contributed by atoms with Gasteiger partial charge in [0.25, 0.3) is 0 Å². The largest absolute Gasteiger partial charge is 0.339 e. The lowest BCUT2D eigenvalue weighted by Gasteiger charge is -2.52. The molecule has 1 saturated heterocycles. The number of hydrogen-bond acceptors (Lipinski definition) is 2. The molecule has 1 spiro atoms. The van der Waals surface area contributed by atoms with E-state index in [1.54, 1.807) is 0 Å². The Kier molecular flexibility index (Phi) is 4.43. The molecule has 0 aromatic rings. The lowest BCUT2D eigenvalue weighted by atomic mass is 9.62. The maximum absolute atomic E-state index is 12.7. The van der Waals surface area contributed by atoms with Gasteiger partial charge in [0.05, 0.1) is 0 Å². The van der Waals surface area contributed by atoms with Crippen molar-refractivity contribution in [3.63, 3.8) is 0 Å². The Bertz CT molecular complexity index is 466. The highest BCUT2D eigenvalue weighted by molar-refractivity contribution is 5.80.